The molecule has 1 aromatic rings. The molecule has 2 saturated heterocycles. The summed E-state index contributed by atoms with van der Waals surface area (Å²) in [5.41, 5.74) is 1.16. The number of morpholine rings is 2. The van der Waals surface area contributed by atoms with Gasteiger partial charge in [-0.2, -0.15) is 0 Å². The van der Waals surface area contributed by atoms with E-state index in [9.17, 15) is 0 Å². The minimum Gasteiger partial charge on any atom is -0.378 e. The van der Waals surface area contributed by atoms with E-state index in [1.165, 1.54) is 12.8 Å². The van der Waals surface area contributed by atoms with Crippen molar-refractivity contribution in [2.45, 2.75) is 51.2 Å². The summed E-state index contributed by atoms with van der Waals surface area (Å²) < 4.78 is 11.5. The van der Waals surface area contributed by atoms with Gasteiger partial charge in [0.05, 0.1) is 31.0 Å². The first-order valence-electron chi connectivity index (χ1n) is 10.2. The molecule has 3 aliphatic heterocycles. The number of fused-ring (bicyclic) bond motifs is 1. The third-order valence-corrected chi connectivity index (χ3v) is 5.78. The lowest BCUT2D eigenvalue weighted by atomic mass is 10.1. The van der Waals surface area contributed by atoms with Crippen LogP contribution in [0.5, 0.6) is 0 Å². The highest BCUT2D eigenvalue weighted by Gasteiger charge is 2.44. The lowest BCUT2D eigenvalue weighted by molar-refractivity contribution is -0.0801. The summed E-state index contributed by atoms with van der Waals surface area (Å²) in [5, 5.41) is 0. The van der Waals surface area contributed by atoms with Gasteiger partial charge in [0.1, 0.15) is 11.7 Å². The van der Waals surface area contributed by atoms with Gasteiger partial charge in [-0.3, -0.25) is 4.90 Å². The molecular formula is C20H29N5O2. The Morgan fingerprint density at radius 3 is 2.52 bits per heavy atom. The summed E-state index contributed by atoms with van der Waals surface area (Å²) in [7, 11) is 0. The van der Waals surface area contributed by atoms with Crippen molar-refractivity contribution in [3.63, 3.8) is 0 Å². The van der Waals surface area contributed by atoms with E-state index in [1.807, 2.05) is 12.3 Å². The molecule has 4 heterocycles. The molecule has 1 saturated carbocycles. The van der Waals surface area contributed by atoms with Crippen molar-refractivity contribution in [1.82, 2.24) is 14.8 Å². The molecule has 0 spiro atoms. The molecule has 0 aromatic carbocycles. The number of rotatable bonds is 2. The van der Waals surface area contributed by atoms with Gasteiger partial charge in [0.25, 0.3) is 0 Å². The zero-order chi connectivity index (χ0) is 18.4. The molecule has 7 heteroatoms. The molecule has 1 aliphatic carbocycles. The Hall–Kier alpha value is -1.70. The van der Waals surface area contributed by atoms with Gasteiger partial charge in [0, 0.05) is 38.4 Å². The number of anilines is 1. The highest BCUT2D eigenvalue weighted by Crippen LogP contribution is 2.39. The standard InChI is InChI=1S/C20H29N5O2/c1-14-12-24(13-15(2)27-14)20-22-19(23-8-10-26-11-9-23)17-4-3-7-21-18(17)25(20)16-5-6-16/h3-4,7,14-16,20H,5-6,8-13H2,1-2H3. The summed E-state index contributed by atoms with van der Waals surface area (Å²) >= 11 is 0. The van der Waals surface area contributed by atoms with Gasteiger partial charge in [-0.1, -0.05) is 0 Å². The average Bonchev–Trinajstić information content (AvgIpc) is 3.51. The van der Waals surface area contributed by atoms with E-state index in [4.69, 9.17) is 19.5 Å². The predicted molar refractivity (Wildman–Crippen MR) is 104 cm³/mol. The van der Waals surface area contributed by atoms with Crippen LogP contribution in [-0.4, -0.2) is 84.6 Å². The number of hydrogen-bond donors (Lipinski definition) is 0. The highest BCUT2D eigenvalue weighted by molar-refractivity contribution is 6.04. The summed E-state index contributed by atoms with van der Waals surface area (Å²) in [6, 6.07) is 4.75. The van der Waals surface area contributed by atoms with Gasteiger partial charge in [0.2, 0.25) is 0 Å². The Balaban J connectivity index is 1.55. The first-order chi connectivity index (χ1) is 13.2. The maximum Gasteiger partial charge on any atom is 0.182 e. The minimum atomic E-state index is 0.00606. The van der Waals surface area contributed by atoms with E-state index in [1.54, 1.807) is 0 Å². The zero-order valence-electron chi connectivity index (χ0n) is 16.3. The van der Waals surface area contributed by atoms with Crippen LogP contribution in [0.15, 0.2) is 23.3 Å². The molecule has 0 bridgehead atoms. The molecule has 5 rings (SSSR count). The van der Waals surface area contributed by atoms with Gasteiger partial charge < -0.3 is 19.3 Å². The quantitative estimate of drug-likeness (QED) is 0.786. The predicted octanol–water partition coefficient (Wildman–Crippen LogP) is 1.54. The van der Waals surface area contributed by atoms with Crippen LogP contribution in [0.2, 0.25) is 0 Å². The van der Waals surface area contributed by atoms with E-state index in [0.717, 1.165) is 56.6 Å². The molecule has 4 aliphatic rings. The van der Waals surface area contributed by atoms with E-state index in [2.05, 4.69) is 34.6 Å². The SMILES string of the molecule is CC1CN(C2N=C(N3CCOCC3)c3cccnc3N2C2CC2)CC(C)O1. The highest BCUT2D eigenvalue weighted by atomic mass is 16.5. The Bertz CT molecular complexity index is 706. The van der Waals surface area contributed by atoms with Crippen molar-refractivity contribution in [2.75, 3.05) is 44.3 Å². The Labute approximate surface area is 161 Å². The normalized spacial score (nSPS) is 32.2. The molecule has 3 atom stereocenters. The summed E-state index contributed by atoms with van der Waals surface area (Å²) in [6.07, 6.45) is 4.82. The van der Waals surface area contributed by atoms with Crippen molar-refractivity contribution >= 4 is 11.7 Å². The van der Waals surface area contributed by atoms with Crippen LogP contribution in [-0.2, 0) is 9.47 Å². The van der Waals surface area contributed by atoms with Crippen LogP contribution in [0.1, 0.15) is 32.3 Å². The number of amidine groups is 1. The second kappa shape index (κ2) is 7.04. The van der Waals surface area contributed by atoms with E-state index < -0.39 is 0 Å². The smallest absolute Gasteiger partial charge is 0.182 e. The number of nitrogens with zero attached hydrogens (tertiary/aromatic N) is 5. The Kier molecular flexibility index (Phi) is 4.53. The average molecular weight is 371 g/mol. The van der Waals surface area contributed by atoms with Gasteiger partial charge in [0.15, 0.2) is 6.29 Å². The summed E-state index contributed by atoms with van der Waals surface area (Å²) in [4.78, 5) is 17.5. The first-order valence-corrected chi connectivity index (χ1v) is 10.2. The van der Waals surface area contributed by atoms with Gasteiger partial charge in [-0.15, -0.1) is 0 Å². The van der Waals surface area contributed by atoms with E-state index in [-0.39, 0.29) is 18.5 Å². The zero-order valence-corrected chi connectivity index (χ0v) is 16.3. The summed E-state index contributed by atoms with van der Waals surface area (Å²) in [6.45, 7) is 9.42. The first kappa shape index (κ1) is 17.4. The van der Waals surface area contributed by atoms with Crippen LogP contribution in [0, 0.1) is 0 Å². The molecule has 3 fully saturated rings. The minimum absolute atomic E-state index is 0.00606. The maximum absolute atomic E-state index is 5.98. The molecule has 146 valence electrons. The Morgan fingerprint density at radius 1 is 1.07 bits per heavy atom. The van der Waals surface area contributed by atoms with Crippen molar-refractivity contribution in [1.29, 1.82) is 0 Å². The fourth-order valence-electron chi connectivity index (χ4n) is 4.53. The fraction of sp³-hybridized carbons (Fsp3) is 0.700. The fourth-order valence-corrected chi connectivity index (χ4v) is 4.53. The largest absolute Gasteiger partial charge is 0.378 e. The number of ether oxygens (including phenoxy) is 2. The third kappa shape index (κ3) is 3.32. The number of hydrogen-bond acceptors (Lipinski definition) is 7. The van der Waals surface area contributed by atoms with Crippen molar-refractivity contribution < 1.29 is 9.47 Å². The van der Waals surface area contributed by atoms with Crippen LogP contribution >= 0.6 is 0 Å². The van der Waals surface area contributed by atoms with Crippen LogP contribution in [0.4, 0.5) is 5.82 Å². The van der Waals surface area contributed by atoms with E-state index >= 15 is 0 Å². The maximum atomic E-state index is 5.98. The summed E-state index contributed by atoms with van der Waals surface area (Å²) in [5.74, 6) is 2.17. The number of aliphatic imine (C=N–C) groups is 1. The molecule has 3 unspecified atom stereocenters. The monoisotopic (exact) mass is 371 g/mol. The van der Waals surface area contributed by atoms with Crippen LogP contribution < -0.4 is 4.90 Å². The second-order valence-electron chi connectivity index (χ2n) is 8.12. The van der Waals surface area contributed by atoms with Crippen molar-refractivity contribution in [3.05, 3.63) is 23.9 Å². The topological polar surface area (TPSA) is 53.4 Å². The van der Waals surface area contributed by atoms with Gasteiger partial charge >= 0.3 is 0 Å². The molecule has 27 heavy (non-hydrogen) atoms. The van der Waals surface area contributed by atoms with Gasteiger partial charge in [-0.05, 0) is 38.8 Å². The number of pyridine rings is 1. The molecule has 0 amide bonds. The molecular weight excluding hydrogens is 342 g/mol. The molecule has 1 aromatic heterocycles. The van der Waals surface area contributed by atoms with Crippen LogP contribution in [0.3, 0.4) is 0 Å². The van der Waals surface area contributed by atoms with Gasteiger partial charge in [-0.25, -0.2) is 9.98 Å². The number of aromatic nitrogens is 1. The van der Waals surface area contributed by atoms with Crippen LogP contribution in [0.25, 0.3) is 0 Å². The Morgan fingerprint density at radius 2 is 1.81 bits per heavy atom. The van der Waals surface area contributed by atoms with Crippen molar-refractivity contribution in [2.24, 2.45) is 4.99 Å². The lowest BCUT2D eigenvalue weighted by Crippen LogP contribution is -2.59. The molecule has 0 N–H and O–H groups in total. The van der Waals surface area contributed by atoms with E-state index in [0.29, 0.717) is 6.04 Å². The molecule has 0 radical (unpaired) electrons. The third-order valence-electron chi connectivity index (χ3n) is 5.78. The molecule has 7 nitrogen and oxygen atoms in total. The lowest BCUT2D eigenvalue weighted by Gasteiger charge is -2.46. The second-order valence-corrected chi connectivity index (χ2v) is 8.12. The van der Waals surface area contributed by atoms with Crippen molar-refractivity contribution in [3.8, 4) is 0 Å².